The molecule has 0 radical (unpaired) electrons. The highest BCUT2D eigenvalue weighted by atomic mass is 15.3. The second-order valence-corrected chi connectivity index (χ2v) is 5.61. The number of anilines is 1. The van der Waals surface area contributed by atoms with Gasteiger partial charge in [-0.1, -0.05) is 6.92 Å². The molecule has 1 aliphatic heterocycles. The number of nitriles is 1. The van der Waals surface area contributed by atoms with E-state index < -0.39 is 0 Å². The Balaban J connectivity index is 1.67. The smallest absolute Gasteiger partial charge is 0.161 e. The Morgan fingerprint density at radius 2 is 2.14 bits per heavy atom. The van der Waals surface area contributed by atoms with E-state index in [2.05, 4.69) is 37.6 Å². The number of hydrogen-bond donors (Lipinski definition) is 0. The van der Waals surface area contributed by atoms with Crippen LogP contribution >= 0.6 is 0 Å². The molecule has 0 aliphatic carbocycles. The van der Waals surface area contributed by atoms with Crippen LogP contribution in [0, 0.1) is 11.3 Å². The average molecular weight is 296 g/mol. The normalized spacial score (nSPS) is 15.7. The second-order valence-electron chi connectivity index (χ2n) is 5.61. The zero-order valence-electron chi connectivity index (χ0n) is 12.8. The molecule has 6 heteroatoms. The predicted molar refractivity (Wildman–Crippen MR) is 83.5 cm³/mol. The van der Waals surface area contributed by atoms with Crippen LogP contribution < -0.4 is 4.90 Å². The third kappa shape index (κ3) is 2.93. The second kappa shape index (κ2) is 6.56. The molecule has 0 saturated carbocycles. The van der Waals surface area contributed by atoms with Crippen molar-refractivity contribution in [3.63, 3.8) is 0 Å². The SMILES string of the molecule is CCCn1nccc1C1CCN(c2cncc(C#N)n2)CC1. The summed E-state index contributed by atoms with van der Waals surface area (Å²) < 4.78 is 2.14. The highest BCUT2D eigenvalue weighted by Gasteiger charge is 2.24. The molecule has 0 aromatic carbocycles. The maximum Gasteiger partial charge on any atom is 0.161 e. The van der Waals surface area contributed by atoms with Crippen LogP contribution in [0.4, 0.5) is 5.82 Å². The molecule has 0 N–H and O–H groups in total. The molecule has 114 valence electrons. The number of aromatic nitrogens is 4. The Morgan fingerprint density at radius 1 is 1.32 bits per heavy atom. The summed E-state index contributed by atoms with van der Waals surface area (Å²) in [7, 11) is 0. The minimum absolute atomic E-state index is 0.376. The third-order valence-electron chi connectivity index (χ3n) is 4.16. The van der Waals surface area contributed by atoms with Crippen molar-refractivity contribution in [3.8, 4) is 6.07 Å². The maximum absolute atomic E-state index is 8.93. The molecule has 0 unspecified atom stereocenters. The van der Waals surface area contributed by atoms with E-state index in [0.717, 1.165) is 44.7 Å². The summed E-state index contributed by atoms with van der Waals surface area (Å²) >= 11 is 0. The van der Waals surface area contributed by atoms with Crippen LogP contribution in [0.25, 0.3) is 0 Å². The first kappa shape index (κ1) is 14.5. The first-order valence-electron chi connectivity index (χ1n) is 7.80. The first-order valence-corrected chi connectivity index (χ1v) is 7.80. The van der Waals surface area contributed by atoms with Crippen molar-refractivity contribution in [3.05, 3.63) is 36.0 Å². The molecule has 0 bridgehead atoms. The zero-order chi connectivity index (χ0) is 15.4. The van der Waals surface area contributed by atoms with Crippen molar-refractivity contribution in [2.75, 3.05) is 18.0 Å². The molecule has 2 aromatic rings. The van der Waals surface area contributed by atoms with Crippen molar-refractivity contribution in [1.82, 2.24) is 19.7 Å². The van der Waals surface area contributed by atoms with Gasteiger partial charge in [0.25, 0.3) is 0 Å². The van der Waals surface area contributed by atoms with Crippen LogP contribution in [0.15, 0.2) is 24.7 Å². The molecule has 1 aliphatic rings. The molecular formula is C16H20N6. The number of aryl methyl sites for hydroxylation is 1. The van der Waals surface area contributed by atoms with Gasteiger partial charge in [-0.05, 0) is 25.3 Å². The van der Waals surface area contributed by atoms with Crippen LogP contribution in [0.2, 0.25) is 0 Å². The van der Waals surface area contributed by atoms with Gasteiger partial charge in [-0.25, -0.2) is 4.98 Å². The average Bonchev–Trinajstić information content (AvgIpc) is 3.04. The van der Waals surface area contributed by atoms with Crippen LogP contribution in [0.3, 0.4) is 0 Å². The third-order valence-corrected chi connectivity index (χ3v) is 4.16. The Morgan fingerprint density at radius 3 is 2.86 bits per heavy atom. The summed E-state index contributed by atoms with van der Waals surface area (Å²) in [5.41, 5.74) is 1.72. The van der Waals surface area contributed by atoms with Gasteiger partial charge in [0.1, 0.15) is 11.9 Å². The summed E-state index contributed by atoms with van der Waals surface area (Å²) in [6, 6.07) is 4.19. The summed E-state index contributed by atoms with van der Waals surface area (Å²) in [6.45, 7) is 5.03. The summed E-state index contributed by atoms with van der Waals surface area (Å²) in [6.07, 6.45) is 8.40. The van der Waals surface area contributed by atoms with Gasteiger partial charge in [0.15, 0.2) is 5.69 Å². The minimum atomic E-state index is 0.376. The van der Waals surface area contributed by atoms with Crippen molar-refractivity contribution in [2.24, 2.45) is 0 Å². The monoisotopic (exact) mass is 296 g/mol. The highest BCUT2D eigenvalue weighted by Crippen LogP contribution is 2.29. The molecule has 0 spiro atoms. The number of rotatable bonds is 4. The summed E-state index contributed by atoms with van der Waals surface area (Å²) in [5.74, 6) is 1.36. The van der Waals surface area contributed by atoms with Crippen LogP contribution in [0.1, 0.15) is 43.5 Å². The summed E-state index contributed by atoms with van der Waals surface area (Å²) in [5, 5.41) is 13.4. The molecule has 3 rings (SSSR count). The topological polar surface area (TPSA) is 70.6 Å². The van der Waals surface area contributed by atoms with E-state index in [1.807, 2.05) is 12.3 Å². The van der Waals surface area contributed by atoms with E-state index in [-0.39, 0.29) is 0 Å². The molecule has 22 heavy (non-hydrogen) atoms. The van der Waals surface area contributed by atoms with Gasteiger partial charge in [-0.2, -0.15) is 10.4 Å². The molecule has 0 amide bonds. The fraction of sp³-hybridized carbons (Fsp3) is 0.500. The van der Waals surface area contributed by atoms with Crippen molar-refractivity contribution in [1.29, 1.82) is 5.26 Å². The van der Waals surface area contributed by atoms with Gasteiger partial charge < -0.3 is 4.90 Å². The van der Waals surface area contributed by atoms with Gasteiger partial charge >= 0.3 is 0 Å². The van der Waals surface area contributed by atoms with E-state index in [4.69, 9.17) is 5.26 Å². The standard InChI is InChI=1S/C16H20N6/c1-2-7-22-15(3-6-19-22)13-4-8-21(9-5-13)16-12-18-11-14(10-17)20-16/h3,6,11-13H,2,4-5,7-9H2,1H3. The predicted octanol–water partition coefficient (Wildman–Crippen LogP) is 2.34. The van der Waals surface area contributed by atoms with Crippen LogP contribution in [-0.2, 0) is 6.54 Å². The Kier molecular flexibility index (Phi) is 4.33. The van der Waals surface area contributed by atoms with E-state index in [1.54, 1.807) is 6.20 Å². The fourth-order valence-corrected chi connectivity index (χ4v) is 3.05. The quantitative estimate of drug-likeness (QED) is 0.866. The largest absolute Gasteiger partial charge is 0.355 e. The van der Waals surface area contributed by atoms with Gasteiger partial charge in [0.05, 0.1) is 12.4 Å². The fourth-order valence-electron chi connectivity index (χ4n) is 3.05. The maximum atomic E-state index is 8.93. The number of piperidine rings is 1. The molecule has 1 fully saturated rings. The zero-order valence-corrected chi connectivity index (χ0v) is 12.8. The molecule has 6 nitrogen and oxygen atoms in total. The lowest BCUT2D eigenvalue weighted by molar-refractivity contribution is 0.456. The molecule has 1 saturated heterocycles. The molecule has 0 atom stereocenters. The van der Waals surface area contributed by atoms with Gasteiger partial charge in [-0.15, -0.1) is 0 Å². The van der Waals surface area contributed by atoms with Gasteiger partial charge in [0, 0.05) is 37.4 Å². The lowest BCUT2D eigenvalue weighted by atomic mass is 9.93. The minimum Gasteiger partial charge on any atom is -0.355 e. The van der Waals surface area contributed by atoms with Crippen LogP contribution in [0.5, 0.6) is 0 Å². The number of nitrogens with zero attached hydrogens (tertiary/aromatic N) is 6. The lowest BCUT2D eigenvalue weighted by Crippen LogP contribution is -2.34. The van der Waals surface area contributed by atoms with Crippen molar-refractivity contribution < 1.29 is 0 Å². The van der Waals surface area contributed by atoms with E-state index in [1.165, 1.54) is 11.9 Å². The van der Waals surface area contributed by atoms with E-state index in [9.17, 15) is 0 Å². The van der Waals surface area contributed by atoms with Crippen molar-refractivity contribution in [2.45, 2.75) is 38.6 Å². The van der Waals surface area contributed by atoms with E-state index in [0.29, 0.717) is 11.6 Å². The van der Waals surface area contributed by atoms with Gasteiger partial charge in [0.2, 0.25) is 0 Å². The van der Waals surface area contributed by atoms with E-state index >= 15 is 0 Å². The highest BCUT2D eigenvalue weighted by molar-refractivity contribution is 5.39. The Labute approximate surface area is 130 Å². The number of hydrogen-bond acceptors (Lipinski definition) is 5. The van der Waals surface area contributed by atoms with Crippen LogP contribution in [-0.4, -0.2) is 32.8 Å². The molecule has 3 heterocycles. The van der Waals surface area contributed by atoms with Crippen molar-refractivity contribution >= 4 is 5.82 Å². The first-order chi connectivity index (χ1) is 10.8. The molecule has 2 aromatic heterocycles. The summed E-state index contributed by atoms with van der Waals surface area (Å²) in [4.78, 5) is 10.6. The molecular weight excluding hydrogens is 276 g/mol. The Bertz CT molecular complexity index is 663. The Hall–Kier alpha value is -2.42. The lowest BCUT2D eigenvalue weighted by Gasteiger charge is -2.32. The van der Waals surface area contributed by atoms with Gasteiger partial charge in [-0.3, -0.25) is 9.67 Å².